The lowest BCUT2D eigenvalue weighted by Crippen LogP contribution is -2.24. The second-order valence-electron chi connectivity index (χ2n) is 10.9. The monoisotopic (exact) mass is 546 g/mol. The molecule has 0 bridgehead atoms. The van der Waals surface area contributed by atoms with Gasteiger partial charge < -0.3 is 20.1 Å². The molecule has 1 spiro atoms. The lowest BCUT2D eigenvalue weighted by atomic mass is 9.86. The Bertz CT molecular complexity index is 1650. The molecule has 2 atom stereocenters. The average molecular weight is 547 g/mol. The molecule has 206 valence electrons. The van der Waals surface area contributed by atoms with Gasteiger partial charge in [-0.1, -0.05) is 6.07 Å². The molecular formula is C29H28F2N6O3. The zero-order valence-corrected chi connectivity index (χ0v) is 22.1. The molecule has 11 heteroatoms. The van der Waals surface area contributed by atoms with Gasteiger partial charge in [0, 0.05) is 35.8 Å². The molecule has 7 rings (SSSR count). The van der Waals surface area contributed by atoms with Crippen LogP contribution in [0.5, 0.6) is 11.5 Å². The van der Waals surface area contributed by atoms with E-state index in [9.17, 15) is 13.6 Å². The first-order valence-electron chi connectivity index (χ1n) is 13.3. The minimum atomic E-state index is -2.62. The number of methoxy groups -OCH3 is 2. The number of nitrogens with one attached hydrogen (secondary N) is 3. The summed E-state index contributed by atoms with van der Waals surface area (Å²) in [6, 6.07) is 11.7. The predicted molar refractivity (Wildman–Crippen MR) is 145 cm³/mol. The zero-order chi connectivity index (χ0) is 27.6. The second kappa shape index (κ2) is 8.87. The van der Waals surface area contributed by atoms with Crippen molar-refractivity contribution >= 4 is 34.1 Å². The fourth-order valence-corrected chi connectivity index (χ4v) is 6.28. The molecule has 0 saturated heterocycles. The van der Waals surface area contributed by atoms with Crippen molar-refractivity contribution in [1.82, 2.24) is 20.2 Å². The van der Waals surface area contributed by atoms with Gasteiger partial charge in [0.15, 0.2) is 17.4 Å². The number of hydrogen-bond acceptors (Lipinski definition) is 7. The molecule has 4 aromatic rings. The number of benzene rings is 2. The Balaban J connectivity index is 1.15. The average Bonchev–Trinajstić information content (AvgIpc) is 3.51. The Hall–Kier alpha value is -4.28. The molecule has 3 N–H and O–H groups in total. The molecule has 2 aromatic heterocycles. The Labute approximate surface area is 228 Å². The van der Waals surface area contributed by atoms with E-state index in [1.807, 2.05) is 36.4 Å². The molecule has 0 unspecified atom stereocenters. The minimum absolute atomic E-state index is 0.0150. The summed E-state index contributed by atoms with van der Waals surface area (Å²) in [6.07, 6.45) is 2.64. The van der Waals surface area contributed by atoms with E-state index in [-0.39, 0.29) is 30.6 Å². The molecule has 2 saturated carbocycles. The van der Waals surface area contributed by atoms with Crippen molar-refractivity contribution in [3.8, 4) is 11.5 Å². The highest BCUT2D eigenvalue weighted by molar-refractivity contribution is 6.10. The Morgan fingerprint density at radius 1 is 1.05 bits per heavy atom. The van der Waals surface area contributed by atoms with Crippen LogP contribution in [0, 0.1) is 0 Å². The van der Waals surface area contributed by atoms with Gasteiger partial charge in [0.05, 0.1) is 31.3 Å². The van der Waals surface area contributed by atoms with Gasteiger partial charge in [-0.2, -0.15) is 5.10 Å². The van der Waals surface area contributed by atoms with Crippen molar-refractivity contribution in [2.45, 2.75) is 55.3 Å². The number of fused-ring (bicyclic) bond motifs is 3. The van der Waals surface area contributed by atoms with Crippen molar-refractivity contribution in [3.63, 3.8) is 0 Å². The van der Waals surface area contributed by atoms with Crippen LogP contribution >= 0.6 is 0 Å². The van der Waals surface area contributed by atoms with Crippen molar-refractivity contribution in [2.24, 2.45) is 0 Å². The molecular weight excluding hydrogens is 518 g/mol. The van der Waals surface area contributed by atoms with Gasteiger partial charge in [-0.05, 0) is 60.7 Å². The number of nitrogens with zero attached hydrogens (tertiary/aromatic N) is 3. The fraction of sp³-hybridized carbons (Fsp3) is 0.379. The number of alkyl halides is 2. The number of carbonyl (C=O) groups excluding carboxylic acids is 1. The molecule has 9 nitrogen and oxygen atoms in total. The van der Waals surface area contributed by atoms with E-state index in [1.54, 1.807) is 13.3 Å². The van der Waals surface area contributed by atoms with Gasteiger partial charge in [-0.15, -0.1) is 0 Å². The number of amides is 1. The van der Waals surface area contributed by atoms with Crippen LogP contribution in [0.3, 0.4) is 0 Å². The summed E-state index contributed by atoms with van der Waals surface area (Å²) in [5.41, 5.74) is 3.08. The number of ether oxygens (including phenoxy) is 2. The van der Waals surface area contributed by atoms with Gasteiger partial charge in [-0.25, -0.2) is 18.7 Å². The quantitative estimate of drug-likeness (QED) is 0.281. The van der Waals surface area contributed by atoms with Gasteiger partial charge in [0.2, 0.25) is 11.8 Å². The van der Waals surface area contributed by atoms with Crippen LogP contribution in [0.4, 0.5) is 26.1 Å². The van der Waals surface area contributed by atoms with Crippen molar-refractivity contribution in [2.75, 3.05) is 24.9 Å². The molecule has 1 amide bonds. The van der Waals surface area contributed by atoms with E-state index < -0.39 is 11.3 Å². The van der Waals surface area contributed by atoms with Crippen LogP contribution in [0.1, 0.15) is 60.9 Å². The van der Waals surface area contributed by atoms with E-state index in [1.165, 1.54) is 7.11 Å². The summed E-state index contributed by atoms with van der Waals surface area (Å²) in [6.45, 7) is 0. The van der Waals surface area contributed by atoms with Crippen LogP contribution in [-0.4, -0.2) is 46.2 Å². The maximum Gasteiger partial charge on any atom is 0.248 e. The van der Waals surface area contributed by atoms with E-state index in [0.29, 0.717) is 36.1 Å². The molecule has 40 heavy (non-hydrogen) atoms. The summed E-state index contributed by atoms with van der Waals surface area (Å²) in [4.78, 5) is 22.1. The largest absolute Gasteiger partial charge is 0.497 e. The third-order valence-electron chi connectivity index (χ3n) is 8.62. The number of carbonyl (C=O) groups is 1. The van der Waals surface area contributed by atoms with Gasteiger partial charge in [-0.3, -0.25) is 9.89 Å². The maximum absolute atomic E-state index is 13.7. The summed E-state index contributed by atoms with van der Waals surface area (Å²) in [5.74, 6) is -0.0351. The van der Waals surface area contributed by atoms with E-state index in [4.69, 9.17) is 9.47 Å². The Kier molecular flexibility index (Phi) is 5.48. The molecule has 2 fully saturated rings. The second-order valence-corrected chi connectivity index (χ2v) is 10.9. The topological polar surface area (TPSA) is 114 Å². The van der Waals surface area contributed by atoms with Crippen LogP contribution in [0.25, 0.3) is 10.9 Å². The number of aromatic amines is 1. The summed E-state index contributed by atoms with van der Waals surface area (Å²) in [7, 11) is 3.15. The number of rotatable bonds is 6. The number of aromatic nitrogens is 4. The van der Waals surface area contributed by atoms with Crippen LogP contribution in [0.15, 0.2) is 42.6 Å². The summed E-state index contributed by atoms with van der Waals surface area (Å²) >= 11 is 0. The van der Waals surface area contributed by atoms with Crippen LogP contribution in [0.2, 0.25) is 0 Å². The van der Waals surface area contributed by atoms with Crippen molar-refractivity contribution in [3.05, 3.63) is 59.5 Å². The standard InChI is InChI=1S/C29H28F2N6O3/c1-39-17-4-6-21-19(12-17)29(27(38)33-21)13-20(29)16-3-5-18-22(11-16)36-37-25(18)35-26-23(40-2)14-32-24(34-26)15-7-9-28(30,31)10-8-15/h3-6,11-12,14-15,20H,7-10,13H2,1-2H3,(H,33,38)(H2,32,34,35,36,37)/t20-,29-/m0/s1. The van der Waals surface area contributed by atoms with E-state index >= 15 is 0 Å². The van der Waals surface area contributed by atoms with Crippen molar-refractivity contribution in [1.29, 1.82) is 0 Å². The van der Waals surface area contributed by atoms with Gasteiger partial charge in [0.1, 0.15) is 11.6 Å². The number of hydrogen-bond donors (Lipinski definition) is 3. The van der Waals surface area contributed by atoms with Crippen LogP contribution in [-0.2, 0) is 10.2 Å². The Morgan fingerprint density at radius 2 is 1.88 bits per heavy atom. The number of halogens is 2. The SMILES string of the molecule is COc1ccc2c(c1)[C@]1(C[C@H]1c1ccc3c(Nc4nc(C5CCC(F)(F)CC5)ncc4OC)n[nH]c3c1)C(=O)N2. The molecule has 3 aliphatic rings. The Morgan fingerprint density at radius 3 is 2.65 bits per heavy atom. The predicted octanol–water partition coefficient (Wildman–Crippen LogP) is 5.78. The normalized spacial score (nSPS) is 23.2. The smallest absolute Gasteiger partial charge is 0.248 e. The lowest BCUT2D eigenvalue weighted by Gasteiger charge is -2.27. The highest BCUT2D eigenvalue weighted by atomic mass is 19.3. The minimum Gasteiger partial charge on any atom is -0.497 e. The third-order valence-corrected chi connectivity index (χ3v) is 8.62. The molecule has 2 aromatic carbocycles. The first-order valence-corrected chi connectivity index (χ1v) is 13.3. The highest BCUT2D eigenvalue weighted by Gasteiger charge is 2.65. The van der Waals surface area contributed by atoms with E-state index in [0.717, 1.165) is 39.9 Å². The first-order chi connectivity index (χ1) is 19.3. The first kappa shape index (κ1) is 24.7. The highest BCUT2D eigenvalue weighted by Crippen LogP contribution is 2.65. The summed E-state index contributed by atoms with van der Waals surface area (Å²) < 4.78 is 38.2. The van der Waals surface area contributed by atoms with Gasteiger partial charge in [0.25, 0.3) is 0 Å². The van der Waals surface area contributed by atoms with Crippen LogP contribution < -0.4 is 20.1 Å². The molecule has 3 heterocycles. The molecule has 1 aliphatic heterocycles. The maximum atomic E-state index is 13.7. The fourth-order valence-electron chi connectivity index (χ4n) is 6.28. The van der Waals surface area contributed by atoms with E-state index in [2.05, 4.69) is 30.8 Å². The number of H-pyrrole nitrogens is 1. The number of anilines is 3. The molecule has 0 radical (unpaired) electrons. The summed E-state index contributed by atoms with van der Waals surface area (Å²) in [5, 5.41) is 14.7. The molecule has 2 aliphatic carbocycles. The zero-order valence-electron chi connectivity index (χ0n) is 22.1. The van der Waals surface area contributed by atoms with Crippen molar-refractivity contribution < 1.29 is 23.0 Å². The lowest BCUT2D eigenvalue weighted by molar-refractivity contribution is -0.118. The third kappa shape index (κ3) is 3.86. The van der Waals surface area contributed by atoms with Gasteiger partial charge >= 0.3 is 0 Å².